The number of carbonyl (C=O) groups excluding carboxylic acids is 1. The van der Waals surface area contributed by atoms with Crippen molar-refractivity contribution >= 4 is 41.5 Å². The summed E-state index contributed by atoms with van der Waals surface area (Å²) in [6.07, 6.45) is 0. The van der Waals surface area contributed by atoms with Gasteiger partial charge in [0.1, 0.15) is 5.75 Å². The topological polar surface area (TPSA) is 69.2 Å². The highest BCUT2D eigenvalue weighted by Crippen LogP contribution is 2.28. The molecule has 1 aromatic carbocycles. The average molecular weight is 517 g/mol. The van der Waals surface area contributed by atoms with E-state index < -0.39 is 5.41 Å². The quantitative estimate of drug-likeness (QED) is 0.331. The lowest BCUT2D eigenvalue weighted by Crippen LogP contribution is -2.53. The first kappa shape index (κ1) is 25.3. The zero-order valence-corrected chi connectivity index (χ0v) is 20.7. The van der Waals surface area contributed by atoms with Gasteiger partial charge in [-0.1, -0.05) is 12.1 Å². The van der Waals surface area contributed by atoms with Crippen LogP contribution in [0.5, 0.6) is 5.75 Å². The highest BCUT2D eigenvalue weighted by Gasteiger charge is 2.28. The largest absolute Gasteiger partial charge is 0.495 e. The van der Waals surface area contributed by atoms with Gasteiger partial charge in [0, 0.05) is 39.3 Å². The summed E-state index contributed by atoms with van der Waals surface area (Å²) in [4.78, 5) is 21.6. The predicted octanol–water partition coefficient (Wildman–Crippen LogP) is 2.56. The molecule has 0 saturated carbocycles. The molecular weight excluding hydrogens is 481 g/mol. The first-order valence-electron chi connectivity index (χ1n) is 10.1. The van der Waals surface area contributed by atoms with Gasteiger partial charge in [0.2, 0.25) is 5.91 Å². The first-order valence-corrected chi connectivity index (χ1v) is 10.1. The van der Waals surface area contributed by atoms with E-state index in [9.17, 15) is 4.79 Å². The number of nitrogens with one attached hydrogen (secondary N) is 2. The second-order valence-electron chi connectivity index (χ2n) is 7.56. The minimum Gasteiger partial charge on any atom is -0.495 e. The molecule has 0 bridgehead atoms. The highest BCUT2D eigenvalue weighted by atomic mass is 127. The maximum absolute atomic E-state index is 12.2. The van der Waals surface area contributed by atoms with Gasteiger partial charge in [0.25, 0.3) is 0 Å². The zero-order chi connectivity index (χ0) is 20.6. The number of halogens is 1. The number of hydrogen-bond acceptors (Lipinski definition) is 4. The van der Waals surface area contributed by atoms with Crippen LogP contribution in [0.4, 0.5) is 5.69 Å². The molecular formula is C21H36IN5O2. The van der Waals surface area contributed by atoms with Gasteiger partial charge < -0.3 is 25.2 Å². The van der Waals surface area contributed by atoms with Crippen LogP contribution in [0.1, 0.15) is 27.7 Å². The molecule has 1 aliphatic heterocycles. The normalized spacial score (nSPS) is 14.9. The molecule has 1 heterocycles. The van der Waals surface area contributed by atoms with Crippen molar-refractivity contribution in [2.75, 3.05) is 57.8 Å². The summed E-state index contributed by atoms with van der Waals surface area (Å²) in [6.45, 7) is 13.3. The van der Waals surface area contributed by atoms with Gasteiger partial charge in [-0.25, -0.2) is 0 Å². The average Bonchev–Trinajstić information content (AvgIpc) is 2.71. The molecule has 2 rings (SSSR count). The van der Waals surface area contributed by atoms with E-state index in [1.807, 2.05) is 39.0 Å². The molecule has 0 atom stereocenters. The van der Waals surface area contributed by atoms with Gasteiger partial charge in [0.05, 0.1) is 24.8 Å². The fraction of sp³-hybridized carbons (Fsp3) is 0.619. The molecule has 0 aromatic heterocycles. The van der Waals surface area contributed by atoms with Crippen molar-refractivity contribution in [1.29, 1.82) is 0 Å². The second kappa shape index (κ2) is 12.1. The molecule has 0 spiro atoms. The fourth-order valence-electron chi connectivity index (χ4n) is 3.22. The lowest BCUT2D eigenvalue weighted by molar-refractivity contribution is -0.128. The summed E-state index contributed by atoms with van der Waals surface area (Å²) in [5.41, 5.74) is 0.597. The Morgan fingerprint density at radius 2 is 1.72 bits per heavy atom. The van der Waals surface area contributed by atoms with Crippen LogP contribution >= 0.6 is 24.0 Å². The summed E-state index contributed by atoms with van der Waals surface area (Å²) in [6, 6.07) is 8.13. The molecule has 164 valence electrons. The minimum atomic E-state index is -0.532. The molecule has 7 nitrogen and oxygen atoms in total. The maximum atomic E-state index is 12.2. The van der Waals surface area contributed by atoms with Crippen LogP contribution in [0.25, 0.3) is 0 Å². The molecule has 0 aliphatic carbocycles. The number of ether oxygens (including phenoxy) is 1. The Hall–Kier alpha value is -1.71. The summed E-state index contributed by atoms with van der Waals surface area (Å²) in [5.74, 6) is 1.82. The third-order valence-electron chi connectivity index (χ3n) is 4.92. The lowest BCUT2D eigenvalue weighted by Gasteiger charge is -2.38. The van der Waals surface area contributed by atoms with Crippen LogP contribution in [0.2, 0.25) is 0 Å². The molecule has 1 fully saturated rings. The van der Waals surface area contributed by atoms with Crippen molar-refractivity contribution in [3.8, 4) is 5.75 Å². The molecule has 2 N–H and O–H groups in total. The number of methoxy groups -OCH3 is 1. The van der Waals surface area contributed by atoms with Crippen LogP contribution in [0, 0.1) is 5.41 Å². The number of rotatable bonds is 7. The van der Waals surface area contributed by atoms with E-state index >= 15 is 0 Å². The number of aliphatic imine (C=N–C) groups is 1. The summed E-state index contributed by atoms with van der Waals surface area (Å²) >= 11 is 0. The van der Waals surface area contributed by atoms with E-state index in [2.05, 4.69) is 33.4 Å². The second-order valence-corrected chi connectivity index (χ2v) is 7.56. The monoisotopic (exact) mass is 517 g/mol. The van der Waals surface area contributed by atoms with E-state index in [0.717, 1.165) is 50.1 Å². The van der Waals surface area contributed by atoms with E-state index in [0.29, 0.717) is 13.1 Å². The van der Waals surface area contributed by atoms with Crippen LogP contribution in [0.15, 0.2) is 29.3 Å². The SMILES string of the molecule is CCNC(=O)C(C)(C)CN=C(NCC)N1CCN(c2ccccc2OC)CC1.I. The Balaban J connectivity index is 0.00000420. The Labute approximate surface area is 192 Å². The van der Waals surface area contributed by atoms with Gasteiger partial charge in [-0.3, -0.25) is 9.79 Å². The van der Waals surface area contributed by atoms with E-state index in [1.165, 1.54) is 0 Å². The number of benzene rings is 1. The van der Waals surface area contributed by atoms with Gasteiger partial charge in [-0.05, 0) is 39.8 Å². The van der Waals surface area contributed by atoms with Gasteiger partial charge in [-0.15, -0.1) is 24.0 Å². The number of nitrogens with zero attached hydrogens (tertiary/aromatic N) is 3. The number of hydrogen-bond donors (Lipinski definition) is 2. The van der Waals surface area contributed by atoms with Gasteiger partial charge >= 0.3 is 0 Å². The third kappa shape index (κ3) is 6.94. The molecule has 29 heavy (non-hydrogen) atoms. The molecule has 1 amide bonds. The smallest absolute Gasteiger partial charge is 0.227 e. The lowest BCUT2D eigenvalue weighted by atomic mass is 9.92. The third-order valence-corrected chi connectivity index (χ3v) is 4.92. The van der Waals surface area contributed by atoms with Crippen molar-refractivity contribution < 1.29 is 9.53 Å². The van der Waals surface area contributed by atoms with Crippen LogP contribution in [0.3, 0.4) is 0 Å². The predicted molar refractivity (Wildman–Crippen MR) is 131 cm³/mol. The number of amides is 1. The van der Waals surface area contributed by atoms with Gasteiger partial charge in [-0.2, -0.15) is 0 Å². The molecule has 1 aliphatic rings. The molecule has 1 aromatic rings. The van der Waals surface area contributed by atoms with Crippen LogP contribution in [-0.4, -0.2) is 69.7 Å². The van der Waals surface area contributed by atoms with Crippen molar-refractivity contribution in [3.63, 3.8) is 0 Å². The number of anilines is 1. The van der Waals surface area contributed by atoms with Crippen molar-refractivity contribution in [2.45, 2.75) is 27.7 Å². The van der Waals surface area contributed by atoms with Crippen LogP contribution < -0.4 is 20.3 Å². The number of carbonyl (C=O) groups is 1. The van der Waals surface area contributed by atoms with Crippen molar-refractivity contribution in [2.24, 2.45) is 10.4 Å². The first-order chi connectivity index (χ1) is 13.4. The Kier molecular flexibility index (Phi) is 10.6. The Morgan fingerprint density at radius 1 is 1.10 bits per heavy atom. The van der Waals surface area contributed by atoms with E-state index in [4.69, 9.17) is 9.73 Å². The summed E-state index contributed by atoms with van der Waals surface area (Å²) < 4.78 is 5.50. The van der Waals surface area contributed by atoms with Crippen molar-refractivity contribution in [1.82, 2.24) is 15.5 Å². The summed E-state index contributed by atoms with van der Waals surface area (Å²) in [5, 5.41) is 6.27. The minimum absolute atomic E-state index is 0. The molecule has 1 saturated heterocycles. The zero-order valence-electron chi connectivity index (χ0n) is 18.3. The molecule has 0 unspecified atom stereocenters. The highest BCUT2D eigenvalue weighted by molar-refractivity contribution is 14.0. The Bertz CT molecular complexity index is 673. The van der Waals surface area contributed by atoms with Crippen molar-refractivity contribution in [3.05, 3.63) is 24.3 Å². The number of guanidine groups is 1. The number of piperazine rings is 1. The number of para-hydroxylation sites is 2. The standard InChI is InChI=1S/C21H35N5O2.HI/c1-6-22-19(27)21(3,4)16-24-20(23-7-2)26-14-12-25(13-15-26)17-10-8-9-11-18(17)28-5;/h8-11H,6-7,12-16H2,1-5H3,(H,22,27)(H,23,24);1H. The summed E-state index contributed by atoms with van der Waals surface area (Å²) in [7, 11) is 1.71. The molecule has 0 radical (unpaired) electrons. The van der Waals surface area contributed by atoms with E-state index in [1.54, 1.807) is 7.11 Å². The van der Waals surface area contributed by atoms with Crippen LogP contribution in [-0.2, 0) is 4.79 Å². The molecule has 8 heteroatoms. The Morgan fingerprint density at radius 3 is 2.31 bits per heavy atom. The van der Waals surface area contributed by atoms with E-state index in [-0.39, 0.29) is 29.9 Å². The maximum Gasteiger partial charge on any atom is 0.227 e. The van der Waals surface area contributed by atoms with Gasteiger partial charge in [0.15, 0.2) is 5.96 Å². The fourth-order valence-corrected chi connectivity index (χ4v) is 3.22.